The Balaban J connectivity index is 3.43. The fourth-order valence-electron chi connectivity index (χ4n) is 1.00. The molecule has 0 nitrogen and oxygen atoms in total. The predicted octanol–water partition coefficient (Wildman–Crippen LogP) is 4.32. The van der Waals surface area contributed by atoms with Gasteiger partial charge >= 0.3 is 6.18 Å². The lowest BCUT2D eigenvalue weighted by molar-refractivity contribution is -0.137. The number of rotatable bonds is 0. The van der Waals surface area contributed by atoms with Crippen molar-refractivity contribution >= 4 is 23.2 Å². The van der Waals surface area contributed by atoms with E-state index in [1.807, 2.05) is 0 Å². The van der Waals surface area contributed by atoms with Crippen molar-refractivity contribution in [3.05, 3.63) is 33.3 Å². The van der Waals surface area contributed by atoms with E-state index in [0.717, 1.165) is 6.07 Å². The first-order valence-corrected chi connectivity index (χ1v) is 4.11. The summed E-state index contributed by atoms with van der Waals surface area (Å²) in [5.41, 5.74) is -0.900. The Morgan fingerprint density at radius 1 is 1.08 bits per heavy atom. The fourth-order valence-corrected chi connectivity index (χ4v) is 1.47. The van der Waals surface area contributed by atoms with E-state index in [2.05, 4.69) is 0 Å². The first-order valence-electron chi connectivity index (χ1n) is 3.36. The summed E-state index contributed by atoms with van der Waals surface area (Å²) in [7, 11) is 0. The van der Waals surface area contributed by atoms with Crippen LogP contribution in [0.5, 0.6) is 0 Å². The van der Waals surface area contributed by atoms with Gasteiger partial charge in [0.2, 0.25) is 0 Å². The van der Waals surface area contributed by atoms with E-state index < -0.39 is 11.7 Å². The molecule has 0 saturated heterocycles. The molecule has 0 heterocycles. The van der Waals surface area contributed by atoms with Crippen molar-refractivity contribution in [2.75, 3.05) is 0 Å². The van der Waals surface area contributed by atoms with Crippen molar-refractivity contribution in [2.24, 2.45) is 0 Å². The van der Waals surface area contributed by atoms with E-state index >= 15 is 0 Å². The van der Waals surface area contributed by atoms with Crippen LogP contribution in [0.2, 0.25) is 10.0 Å². The summed E-state index contributed by atoms with van der Waals surface area (Å²) in [6.07, 6.45) is -4.45. The fraction of sp³-hybridized carbons (Fsp3) is 0.250. The molecule has 1 aromatic carbocycles. The smallest absolute Gasteiger partial charge is 0.166 e. The van der Waals surface area contributed by atoms with Gasteiger partial charge in [0, 0.05) is 5.02 Å². The molecule has 0 saturated carbocycles. The van der Waals surface area contributed by atoms with E-state index in [4.69, 9.17) is 23.2 Å². The first kappa shape index (κ1) is 10.7. The van der Waals surface area contributed by atoms with Crippen LogP contribution in [0.3, 0.4) is 0 Å². The van der Waals surface area contributed by atoms with Gasteiger partial charge in [-0.15, -0.1) is 0 Å². The lowest BCUT2D eigenvalue weighted by Gasteiger charge is -2.12. The predicted molar refractivity (Wildman–Crippen MR) is 46.2 cm³/mol. The number of benzene rings is 1. The maximum absolute atomic E-state index is 12.3. The van der Waals surface area contributed by atoms with Crippen molar-refractivity contribution in [3.63, 3.8) is 0 Å². The number of hydrogen-bond acceptors (Lipinski definition) is 0. The Bertz CT molecular complexity index is 331. The molecule has 0 amide bonds. The molecule has 0 N–H and O–H groups in total. The summed E-state index contributed by atoms with van der Waals surface area (Å²) in [6.45, 7) is 1.29. The van der Waals surface area contributed by atoms with Gasteiger partial charge in [-0.2, -0.15) is 13.2 Å². The summed E-state index contributed by atoms with van der Waals surface area (Å²) < 4.78 is 37.0. The largest absolute Gasteiger partial charge is 0.418 e. The average Bonchev–Trinajstić information content (AvgIpc) is 1.95. The second-order valence-corrected chi connectivity index (χ2v) is 3.34. The highest BCUT2D eigenvalue weighted by Gasteiger charge is 2.35. The summed E-state index contributed by atoms with van der Waals surface area (Å²) >= 11 is 10.9. The Kier molecular flexibility index (Phi) is 2.78. The van der Waals surface area contributed by atoms with Crippen LogP contribution in [0.15, 0.2) is 12.1 Å². The highest BCUT2D eigenvalue weighted by molar-refractivity contribution is 6.34. The Hall–Kier alpha value is -0.410. The maximum atomic E-state index is 12.3. The molecule has 0 aliphatic rings. The van der Waals surface area contributed by atoms with Gasteiger partial charge in [-0.1, -0.05) is 23.2 Å². The van der Waals surface area contributed by atoms with Gasteiger partial charge in [-0.3, -0.25) is 0 Å². The van der Waals surface area contributed by atoms with E-state index in [1.54, 1.807) is 0 Å². The van der Waals surface area contributed by atoms with Crippen LogP contribution in [-0.4, -0.2) is 0 Å². The zero-order valence-electron chi connectivity index (χ0n) is 6.54. The summed E-state index contributed by atoms with van der Waals surface area (Å²) in [5, 5.41) is -0.258. The van der Waals surface area contributed by atoms with Crippen LogP contribution in [0.1, 0.15) is 11.1 Å². The molecule has 0 aliphatic heterocycles. The van der Waals surface area contributed by atoms with Crippen LogP contribution in [0.25, 0.3) is 0 Å². The van der Waals surface area contributed by atoms with Gasteiger partial charge in [0.15, 0.2) is 0 Å². The number of hydrogen-bond donors (Lipinski definition) is 0. The third kappa shape index (κ3) is 2.09. The van der Waals surface area contributed by atoms with Crippen molar-refractivity contribution in [1.29, 1.82) is 0 Å². The molecular weight excluding hydrogens is 224 g/mol. The van der Waals surface area contributed by atoms with E-state index in [-0.39, 0.29) is 15.6 Å². The van der Waals surface area contributed by atoms with Crippen LogP contribution >= 0.6 is 23.2 Å². The third-order valence-corrected chi connectivity index (χ3v) is 2.36. The van der Waals surface area contributed by atoms with Crippen LogP contribution in [0.4, 0.5) is 13.2 Å². The monoisotopic (exact) mass is 228 g/mol. The lowest BCUT2D eigenvalue weighted by Crippen LogP contribution is -2.08. The van der Waals surface area contributed by atoms with Crippen molar-refractivity contribution in [2.45, 2.75) is 13.1 Å². The van der Waals surface area contributed by atoms with E-state index in [0.29, 0.717) is 0 Å². The number of halogens is 5. The van der Waals surface area contributed by atoms with Gasteiger partial charge in [0.1, 0.15) is 0 Å². The van der Waals surface area contributed by atoms with E-state index in [9.17, 15) is 13.2 Å². The minimum atomic E-state index is -4.45. The summed E-state index contributed by atoms with van der Waals surface area (Å²) in [4.78, 5) is 0. The molecule has 72 valence electrons. The van der Waals surface area contributed by atoms with Crippen LogP contribution in [0, 0.1) is 6.92 Å². The topological polar surface area (TPSA) is 0 Å². The van der Waals surface area contributed by atoms with Crippen molar-refractivity contribution < 1.29 is 13.2 Å². The third-order valence-electron chi connectivity index (χ3n) is 1.63. The SMILES string of the molecule is Cc1c(Cl)ccc(Cl)c1C(F)(F)F. The molecule has 0 aliphatic carbocycles. The molecule has 0 bridgehead atoms. The molecule has 0 radical (unpaired) electrons. The quantitative estimate of drug-likeness (QED) is 0.621. The van der Waals surface area contributed by atoms with E-state index in [1.165, 1.54) is 13.0 Å². The average molecular weight is 229 g/mol. The van der Waals surface area contributed by atoms with Gasteiger partial charge in [0.25, 0.3) is 0 Å². The molecule has 1 rings (SSSR count). The Morgan fingerprint density at radius 2 is 1.54 bits per heavy atom. The minimum absolute atomic E-state index is 0.0401. The zero-order chi connectivity index (χ0) is 10.2. The van der Waals surface area contributed by atoms with Gasteiger partial charge in [0.05, 0.1) is 10.6 Å². The molecule has 0 fully saturated rings. The normalized spacial score (nSPS) is 11.8. The zero-order valence-corrected chi connectivity index (χ0v) is 8.06. The molecule has 13 heavy (non-hydrogen) atoms. The molecule has 0 aromatic heterocycles. The van der Waals surface area contributed by atoms with Gasteiger partial charge < -0.3 is 0 Å². The second kappa shape index (κ2) is 3.39. The van der Waals surface area contributed by atoms with Crippen molar-refractivity contribution in [1.82, 2.24) is 0 Å². The first-order chi connectivity index (χ1) is 5.84. The van der Waals surface area contributed by atoms with Gasteiger partial charge in [-0.05, 0) is 24.6 Å². The maximum Gasteiger partial charge on any atom is 0.418 e. The summed E-state index contributed by atoms with van der Waals surface area (Å²) in [6, 6.07) is 2.48. The Labute approximate surface area is 83.3 Å². The molecule has 0 spiro atoms. The number of alkyl halides is 3. The molecule has 5 heteroatoms. The highest BCUT2D eigenvalue weighted by atomic mass is 35.5. The van der Waals surface area contributed by atoms with Gasteiger partial charge in [-0.25, -0.2) is 0 Å². The Morgan fingerprint density at radius 3 is 1.92 bits per heavy atom. The standard InChI is InChI=1S/C8H5Cl2F3/c1-4-5(9)2-3-6(10)7(4)8(11,12)13/h2-3H,1H3. The molecule has 0 unspecified atom stereocenters. The minimum Gasteiger partial charge on any atom is -0.166 e. The molecular formula is C8H5Cl2F3. The lowest BCUT2D eigenvalue weighted by atomic mass is 10.1. The second-order valence-electron chi connectivity index (χ2n) is 2.53. The molecule has 0 atom stereocenters. The van der Waals surface area contributed by atoms with Crippen molar-refractivity contribution in [3.8, 4) is 0 Å². The molecule has 1 aromatic rings. The summed E-state index contributed by atoms with van der Waals surface area (Å²) in [5.74, 6) is 0. The van der Waals surface area contributed by atoms with Crippen LogP contribution < -0.4 is 0 Å². The highest BCUT2D eigenvalue weighted by Crippen LogP contribution is 2.39. The van der Waals surface area contributed by atoms with Crippen LogP contribution in [-0.2, 0) is 6.18 Å².